The minimum Gasteiger partial charge on any atom is -0.353 e. The summed E-state index contributed by atoms with van der Waals surface area (Å²) in [6.07, 6.45) is 2.07. The van der Waals surface area contributed by atoms with Gasteiger partial charge in [-0.15, -0.1) is 0 Å². The smallest absolute Gasteiger partial charge is 0.260 e. The van der Waals surface area contributed by atoms with Gasteiger partial charge in [0.05, 0.1) is 5.60 Å². The molecule has 1 aromatic rings. The van der Waals surface area contributed by atoms with Crippen LogP contribution < -0.4 is 5.32 Å². The zero-order chi connectivity index (χ0) is 15.5. The topological polar surface area (TPSA) is 55.4 Å². The summed E-state index contributed by atoms with van der Waals surface area (Å²) in [4.78, 5) is 25.5. The SMILES string of the molecule is CC(C)(C)OC1(C(=O)c2ccccc2)CCCCNC1=O. The lowest BCUT2D eigenvalue weighted by atomic mass is 9.86. The molecule has 0 aliphatic carbocycles. The van der Waals surface area contributed by atoms with E-state index in [1.807, 2.05) is 26.8 Å². The first-order chi connectivity index (χ1) is 9.85. The van der Waals surface area contributed by atoms with Crippen molar-refractivity contribution < 1.29 is 14.3 Å². The molecule has 1 saturated heterocycles. The normalized spacial score (nSPS) is 23.3. The Hall–Kier alpha value is -1.68. The molecule has 2 rings (SSSR count). The van der Waals surface area contributed by atoms with Crippen LogP contribution in [0.4, 0.5) is 0 Å². The molecule has 0 bridgehead atoms. The van der Waals surface area contributed by atoms with Crippen LogP contribution in [0.25, 0.3) is 0 Å². The van der Waals surface area contributed by atoms with Crippen molar-refractivity contribution in [1.82, 2.24) is 5.32 Å². The predicted octanol–water partition coefficient (Wildman–Crippen LogP) is 2.72. The van der Waals surface area contributed by atoms with Gasteiger partial charge < -0.3 is 10.1 Å². The van der Waals surface area contributed by atoms with E-state index in [1.165, 1.54) is 0 Å². The standard InChI is InChI=1S/C17H23NO3/c1-16(2,3)21-17(11-7-8-12-18-15(17)20)14(19)13-9-5-4-6-10-13/h4-6,9-10H,7-8,11-12H2,1-3H3,(H,18,20). The highest BCUT2D eigenvalue weighted by Crippen LogP contribution is 2.31. The van der Waals surface area contributed by atoms with Crippen LogP contribution in [0.3, 0.4) is 0 Å². The first-order valence-electron chi connectivity index (χ1n) is 7.43. The molecule has 1 atom stereocenters. The molecule has 4 nitrogen and oxygen atoms in total. The summed E-state index contributed by atoms with van der Waals surface area (Å²) in [5.41, 5.74) is -1.49. The van der Waals surface area contributed by atoms with Crippen LogP contribution in [-0.2, 0) is 9.53 Å². The van der Waals surface area contributed by atoms with Gasteiger partial charge in [0, 0.05) is 12.1 Å². The van der Waals surface area contributed by atoms with Gasteiger partial charge in [-0.05, 0) is 40.0 Å². The summed E-state index contributed by atoms with van der Waals surface area (Å²) in [5.74, 6) is -0.568. The Morgan fingerprint density at radius 3 is 2.48 bits per heavy atom. The molecular formula is C17H23NO3. The number of amides is 1. The fourth-order valence-electron chi connectivity index (χ4n) is 2.66. The zero-order valence-corrected chi connectivity index (χ0v) is 12.9. The Kier molecular flexibility index (Phi) is 4.47. The van der Waals surface area contributed by atoms with Crippen molar-refractivity contribution in [2.75, 3.05) is 6.54 Å². The molecule has 1 N–H and O–H groups in total. The number of hydrogen-bond donors (Lipinski definition) is 1. The Bertz CT molecular complexity index is 519. The summed E-state index contributed by atoms with van der Waals surface area (Å²) < 4.78 is 6.01. The molecule has 21 heavy (non-hydrogen) atoms. The summed E-state index contributed by atoms with van der Waals surface area (Å²) in [6.45, 7) is 6.19. The maximum absolute atomic E-state index is 13.0. The second-order valence-corrected chi connectivity index (χ2v) is 6.45. The second kappa shape index (κ2) is 5.98. The van der Waals surface area contributed by atoms with Crippen molar-refractivity contribution in [3.63, 3.8) is 0 Å². The van der Waals surface area contributed by atoms with Crippen molar-refractivity contribution in [3.8, 4) is 0 Å². The van der Waals surface area contributed by atoms with Crippen molar-refractivity contribution in [2.45, 2.75) is 51.2 Å². The molecule has 1 unspecified atom stereocenters. The van der Waals surface area contributed by atoms with Gasteiger partial charge in [0.15, 0.2) is 0 Å². The molecule has 1 aromatic carbocycles. The van der Waals surface area contributed by atoms with Crippen LogP contribution in [0.2, 0.25) is 0 Å². The van der Waals surface area contributed by atoms with Crippen molar-refractivity contribution in [3.05, 3.63) is 35.9 Å². The number of Topliss-reactive ketones (excluding diaryl/α,β-unsaturated/α-hetero) is 1. The number of nitrogens with one attached hydrogen (secondary N) is 1. The van der Waals surface area contributed by atoms with E-state index in [-0.39, 0.29) is 11.7 Å². The average Bonchev–Trinajstić information content (AvgIpc) is 2.61. The number of ether oxygens (including phenoxy) is 1. The Labute approximate surface area is 125 Å². The summed E-state index contributed by atoms with van der Waals surface area (Å²) in [7, 11) is 0. The van der Waals surface area contributed by atoms with Gasteiger partial charge in [-0.1, -0.05) is 30.3 Å². The lowest BCUT2D eigenvalue weighted by Gasteiger charge is -2.36. The van der Waals surface area contributed by atoms with Gasteiger partial charge in [-0.25, -0.2) is 0 Å². The summed E-state index contributed by atoms with van der Waals surface area (Å²) >= 11 is 0. The molecule has 1 aliphatic rings. The number of carbonyl (C=O) groups excluding carboxylic acids is 2. The van der Waals surface area contributed by atoms with Crippen molar-refractivity contribution in [2.24, 2.45) is 0 Å². The van der Waals surface area contributed by atoms with Crippen LogP contribution in [0.5, 0.6) is 0 Å². The van der Waals surface area contributed by atoms with E-state index in [2.05, 4.69) is 5.32 Å². The number of rotatable bonds is 3. The Morgan fingerprint density at radius 2 is 1.86 bits per heavy atom. The minimum atomic E-state index is -1.42. The van der Waals surface area contributed by atoms with Gasteiger partial charge in [-0.2, -0.15) is 0 Å². The average molecular weight is 289 g/mol. The van der Waals surface area contributed by atoms with Crippen molar-refractivity contribution in [1.29, 1.82) is 0 Å². The largest absolute Gasteiger partial charge is 0.353 e. The highest BCUT2D eigenvalue weighted by Gasteiger charge is 2.49. The van der Waals surface area contributed by atoms with Gasteiger partial charge in [0.2, 0.25) is 11.4 Å². The summed E-state index contributed by atoms with van der Waals surface area (Å²) in [6, 6.07) is 8.91. The molecule has 0 radical (unpaired) electrons. The van der Waals surface area contributed by atoms with Gasteiger partial charge in [-0.3, -0.25) is 9.59 Å². The predicted molar refractivity (Wildman–Crippen MR) is 81.2 cm³/mol. The molecule has 1 aliphatic heterocycles. The fourth-order valence-corrected chi connectivity index (χ4v) is 2.66. The Morgan fingerprint density at radius 1 is 1.19 bits per heavy atom. The lowest BCUT2D eigenvalue weighted by Crippen LogP contribution is -2.56. The highest BCUT2D eigenvalue weighted by atomic mass is 16.5. The molecule has 1 fully saturated rings. The van der Waals surface area contributed by atoms with Crippen molar-refractivity contribution >= 4 is 11.7 Å². The Balaban J connectivity index is 2.44. The number of benzene rings is 1. The maximum atomic E-state index is 13.0. The maximum Gasteiger partial charge on any atom is 0.260 e. The van der Waals surface area contributed by atoms with Crippen LogP contribution >= 0.6 is 0 Å². The molecular weight excluding hydrogens is 266 g/mol. The second-order valence-electron chi connectivity index (χ2n) is 6.45. The quantitative estimate of drug-likeness (QED) is 0.687. The van der Waals surface area contributed by atoms with E-state index >= 15 is 0 Å². The fraction of sp³-hybridized carbons (Fsp3) is 0.529. The first-order valence-corrected chi connectivity index (χ1v) is 7.43. The van der Waals surface area contributed by atoms with E-state index in [1.54, 1.807) is 24.3 Å². The monoisotopic (exact) mass is 289 g/mol. The highest BCUT2D eigenvalue weighted by molar-refractivity contribution is 6.17. The minimum absolute atomic E-state index is 0.252. The van der Waals surface area contributed by atoms with E-state index in [9.17, 15) is 9.59 Å². The van der Waals surface area contributed by atoms with Gasteiger partial charge >= 0.3 is 0 Å². The van der Waals surface area contributed by atoms with Crippen LogP contribution in [0.15, 0.2) is 30.3 Å². The number of ketones is 1. The van der Waals surface area contributed by atoms with Crippen LogP contribution in [-0.4, -0.2) is 29.4 Å². The number of hydrogen-bond acceptors (Lipinski definition) is 3. The third kappa shape index (κ3) is 3.50. The molecule has 1 heterocycles. The zero-order valence-electron chi connectivity index (χ0n) is 12.9. The van der Waals surface area contributed by atoms with Gasteiger partial charge in [0.1, 0.15) is 0 Å². The molecule has 1 amide bonds. The molecule has 114 valence electrons. The van der Waals surface area contributed by atoms with Crippen LogP contribution in [0, 0.1) is 0 Å². The first kappa shape index (κ1) is 15.7. The lowest BCUT2D eigenvalue weighted by molar-refractivity contribution is -0.156. The molecule has 0 aromatic heterocycles. The summed E-state index contributed by atoms with van der Waals surface area (Å²) in [5, 5.41) is 2.82. The van der Waals surface area contributed by atoms with E-state index in [0.717, 1.165) is 12.8 Å². The van der Waals surface area contributed by atoms with E-state index < -0.39 is 11.2 Å². The number of carbonyl (C=O) groups is 2. The molecule has 0 saturated carbocycles. The third-order valence-corrected chi connectivity index (χ3v) is 3.49. The van der Waals surface area contributed by atoms with E-state index in [4.69, 9.17) is 4.74 Å². The van der Waals surface area contributed by atoms with Gasteiger partial charge in [0.25, 0.3) is 5.91 Å². The van der Waals surface area contributed by atoms with Crippen LogP contribution in [0.1, 0.15) is 50.4 Å². The molecule has 4 heteroatoms. The molecule has 0 spiro atoms. The van der Waals surface area contributed by atoms with E-state index in [0.29, 0.717) is 18.5 Å². The third-order valence-electron chi connectivity index (χ3n) is 3.49.